The summed E-state index contributed by atoms with van der Waals surface area (Å²) in [5.41, 5.74) is 6.42. The van der Waals surface area contributed by atoms with Crippen LogP contribution in [-0.4, -0.2) is 56.0 Å². The Kier molecular flexibility index (Phi) is 8.17. The number of nitrogens with zero attached hydrogens (tertiary/aromatic N) is 1. The normalized spacial score (nSPS) is 27.3. The topological polar surface area (TPSA) is 58.7 Å². The van der Waals surface area contributed by atoms with Crippen LogP contribution in [-0.2, 0) is 4.74 Å². The average molecular weight is 300 g/mol. The van der Waals surface area contributed by atoms with E-state index in [1.54, 1.807) is 7.11 Å². The molecule has 0 aromatic rings. The van der Waals surface area contributed by atoms with Crippen LogP contribution in [0.2, 0.25) is 0 Å². The van der Waals surface area contributed by atoms with Gasteiger partial charge in [-0.15, -0.1) is 0 Å². The molecule has 0 heterocycles. The molecule has 0 aliphatic heterocycles. The molecule has 3 N–H and O–H groups in total. The van der Waals surface area contributed by atoms with E-state index in [2.05, 4.69) is 25.7 Å². The van der Waals surface area contributed by atoms with E-state index in [0.29, 0.717) is 17.4 Å². The molecule has 0 saturated heterocycles. The third-order valence-corrected chi connectivity index (χ3v) is 5.71. The molecule has 3 unspecified atom stereocenters. The minimum atomic E-state index is 0.208. The summed E-state index contributed by atoms with van der Waals surface area (Å²) in [6, 6.07) is 0.488. The fourth-order valence-corrected chi connectivity index (χ4v) is 3.71. The first-order chi connectivity index (χ1) is 10.00. The zero-order chi connectivity index (χ0) is 15.9. The lowest BCUT2D eigenvalue weighted by molar-refractivity contribution is 0.0173. The van der Waals surface area contributed by atoms with E-state index >= 15 is 0 Å². The Bertz CT molecular complexity index is 284. The summed E-state index contributed by atoms with van der Waals surface area (Å²) < 4.78 is 5.24. The molecule has 1 saturated carbocycles. The van der Waals surface area contributed by atoms with Gasteiger partial charge in [0.05, 0.1) is 13.2 Å². The van der Waals surface area contributed by atoms with Crippen molar-refractivity contribution < 1.29 is 9.84 Å². The standard InChI is InChI=1S/C17H36N2O2/c1-5-17(2,3)15-7-6-14(13-18)16(12-15)19(8-10-20)9-11-21-4/h14-16,20H,5-13,18H2,1-4H3. The molecule has 1 aliphatic rings. The van der Waals surface area contributed by atoms with Crippen molar-refractivity contribution in [2.45, 2.75) is 52.5 Å². The summed E-state index contributed by atoms with van der Waals surface area (Å²) in [5.74, 6) is 1.30. The first-order valence-corrected chi connectivity index (χ1v) is 8.54. The lowest BCUT2D eigenvalue weighted by Crippen LogP contribution is -2.50. The Hall–Kier alpha value is -0.160. The molecular formula is C17H36N2O2. The average Bonchev–Trinajstić information content (AvgIpc) is 2.50. The fourth-order valence-electron chi connectivity index (χ4n) is 3.71. The van der Waals surface area contributed by atoms with E-state index in [1.165, 1.54) is 25.7 Å². The van der Waals surface area contributed by atoms with E-state index in [0.717, 1.165) is 32.2 Å². The molecule has 0 bridgehead atoms. The number of hydrogen-bond acceptors (Lipinski definition) is 4. The van der Waals surface area contributed by atoms with E-state index < -0.39 is 0 Å². The smallest absolute Gasteiger partial charge is 0.0589 e. The van der Waals surface area contributed by atoms with Gasteiger partial charge in [-0.25, -0.2) is 0 Å². The lowest BCUT2D eigenvalue weighted by atomic mass is 9.65. The molecule has 0 aromatic carbocycles. The maximum atomic E-state index is 9.38. The molecule has 0 amide bonds. The quantitative estimate of drug-likeness (QED) is 0.685. The van der Waals surface area contributed by atoms with Crippen molar-refractivity contribution in [1.29, 1.82) is 0 Å². The van der Waals surface area contributed by atoms with Crippen molar-refractivity contribution in [1.82, 2.24) is 4.90 Å². The first-order valence-electron chi connectivity index (χ1n) is 8.54. The van der Waals surface area contributed by atoms with Gasteiger partial charge >= 0.3 is 0 Å². The van der Waals surface area contributed by atoms with E-state index in [9.17, 15) is 5.11 Å². The SMILES string of the molecule is CCC(C)(C)C1CCC(CN)C(N(CCO)CCOC)C1. The largest absolute Gasteiger partial charge is 0.395 e. The Morgan fingerprint density at radius 1 is 1.29 bits per heavy atom. The maximum Gasteiger partial charge on any atom is 0.0589 e. The number of nitrogens with two attached hydrogens (primary N) is 1. The molecule has 1 aliphatic carbocycles. The molecule has 4 nitrogen and oxygen atoms in total. The van der Waals surface area contributed by atoms with E-state index in [-0.39, 0.29) is 6.61 Å². The van der Waals surface area contributed by atoms with Crippen LogP contribution in [0.3, 0.4) is 0 Å². The van der Waals surface area contributed by atoms with Gasteiger partial charge in [0.15, 0.2) is 0 Å². The number of hydrogen-bond donors (Lipinski definition) is 2. The number of aliphatic hydroxyl groups is 1. The maximum absolute atomic E-state index is 9.38. The van der Waals surface area contributed by atoms with E-state index in [4.69, 9.17) is 10.5 Å². The molecule has 0 radical (unpaired) electrons. The van der Waals surface area contributed by atoms with Gasteiger partial charge in [-0.2, -0.15) is 0 Å². The van der Waals surface area contributed by atoms with Crippen molar-refractivity contribution in [2.75, 3.05) is 40.0 Å². The summed E-state index contributed by atoms with van der Waals surface area (Å²) in [6.07, 6.45) is 4.92. The Labute approximate surface area is 131 Å². The van der Waals surface area contributed by atoms with Gasteiger partial charge in [0.25, 0.3) is 0 Å². The fraction of sp³-hybridized carbons (Fsp3) is 1.00. The Morgan fingerprint density at radius 2 is 2.00 bits per heavy atom. The number of rotatable bonds is 9. The highest BCUT2D eigenvalue weighted by Gasteiger charge is 2.38. The predicted octanol–water partition coefficient (Wildman–Crippen LogP) is 2.11. The molecular weight excluding hydrogens is 264 g/mol. The molecule has 4 heteroatoms. The number of aliphatic hydroxyl groups excluding tert-OH is 1. The third kappa shape index (κ3) is 5.20. The molecule has 0 aromatic heterocycles. The Balaban J connectivity index is 2.80. The van der Waals surface area contributed by atoms with Gasteiger partial charge in [0.1, 0.15) is 0 Å². The second-order valence-corrected chi connectivity index (χ2v) is 7.17. The monoisotopic (exact) mass is 300 g/mol. The van der Waals surface area contributed by atoms with Crippen molar-refractivity contribution >= 4 is 0 Å². The highest BCUT2D eigenvalue weighted by Crippen LogP contribution is 2.43. The van der Waals surface area contributed by atoms with Gasteiger partial charge in [-0.3, -0.25) is 4.90 Å². The molecule has 3 atom stereocenters. The van der Waals surface area contributed by atoms with Crippen LogP contribution in [0.15, 0.2) is 0 Å². The molecule has 0 spiro atoms. The minimum Gasteiger partial charge on any atom is -0.395 e. The van der Waals surface area contributed by atoms with Crippen LogP contribution in [0.4, 0.5) is 0 Å². The van der Waals surface area contributed by atoms with Gasteiger partial charge in [-0.05, 0) is 43.1 Å². The molecule has 1 rings (SSSR count). The summed E-state index contributed by atoms with van der Waals surface area (Å²) in [5, 5.41) is 9.38. The van der Waals surface area contributed by atoms with Gasteiger partial charge in [0, 0.05) is 26.2 Å². The highest BCUT2D eigenvalue weighted by atomic mass is 16.5. The van der Waals surface area contributed by atoms with Crippen molar-refractivity contribution in [3.05, 3.63) is 0 Å². The zero-order valence-electron chi connectivity index (χ0n) is 14.5. The van der Waals surface area contributed by atoms with Gasteiger partial charge in [-0.1, -0.05) is 27.2 Å². The molecule has 1 fully saturated rings. The molecule has 126 valence electrons. The first kappa shape index (κ1) is 18.9. The third-order valence-electron chi connectivity index (χ3n) is 5.71. The summed E-state index contributed by atoms with van der Waals surface area (Å²) >= 11 is 0. The molecule has 21 heavy (non-hydrogen) atoms. The van der Waals surface area contributed by atoms with Crippen LogP contribution >= 0.6 is 0 Å². The highest BCUT2D eigenvalue weighted by molar-refractivity contribution is 4.92. The van der Waals surface area contributed by atoms with Crippen LogP contribution in [0, 0.1) is 17.3 Å². The van der Waals surface area contributed by atoms with Crippen molar-refractivity contribution in [3.63, 3.8) is 0 Å². The second kappa shape index (κ2) is 9.09. The van der Waals surface area contributed by atoms with Crippen LogP contribution < -0.4 is 5.73 Å². The lowest BCUT2D eigenvalue weighted by Gasteiger charge is -2.47. The predicted molar refractivity (Wildman–Crippen MR) is 88.3 cm³/mol. The van der Waals surface area contributed by atoms with Crippen molar-refractivity contribution in [3.8, 4) is 0 Å². The minimum absolute atomic E-state index is 0.208. The number of methoxy groups -OCH3 is 1. The summed E-state index contributed by atoms with van der Waals surface area (Å²) in [4.78, 5) is 2.40. The summed E-state index contributed by atoms with van der Waals surface area (Å²) in [7, 11) is 1.74. The Morgan fingerprint density at radius 3 is 2.52 bits per heavy atom. The van der Waals surface area contributed by atoms with Crippen LogP contribution in [0.25, 0.3) is 0 Å². The van der Waals surface area contributed by atoms with Crippen molar-refractivity contribution in [2.24, 2.45) is 23.0 Å². The second-order valence-electron chi connectivity index (χ2n) is 7.17. The van der Waals surface area contributed by atoms with E-state index in [1.807, 2.05) is 0 Å². The number of ether oxygens (including phenoxy) is 1. The van der Waals surface area contributed by atoms with Gasteiger partial charge in [0.2, 0.25) is 0 Å². The summed E-state index contributed by atoms with van der Waals surface area (Å²) in [6.45, 7) is 10.4. The van der Waals surface area contributed by atoms with Crippen LogP contribution in [0.1, 0.15) is 46.5 Å². The zero-order valence-corrected chi connectivity index (χ0v) is 14.5. The van der Waals surface area contributed by atoms with Crippen LogP contribution in [0.5, 0.6) is 0 Å². The van der Waals surface area contributed by atoms with Gasteiger partial charge < -0.3 is 15.6 Å².